The van der Waals surface area contributed by atoms with Crippen molar-refractivity contribution < 1.29 is 9.53 Å². The van der Waals surface area contributed by atoms with Gasteiger partial charge in [-0.2, -0.15) is 0 Å². The molecule has 4 aromatic rings. The van der Waals surface area contributed by atoms with Crippen molar-refractivity contribution >= 4 is 17.5 Å². The highest BCUT2D eigenvalue weighted by Gasteiger charge is 2.24. The average Bonchev–Trinajstić information content (AvgIpc) is 3.21. The molecule has 6 heteroatoms. The first-order valence-corrected chi connectivity index (χ1v) is 10.8. The largest absolute Gasteiger partial charge is 0.497 e. The molecule has 1 atom stereocenters. The van der Waals surface area contributed by atoms with Crippen LogP contribution >= 0.6 is 11.8 Å². The van der Waals surface area contributed by atoms with Crippen LogP contribution in [0.4, 0.5) is 0 Å². The first kappa shape index (κ1) is 20.9. The van der Waals surface area contributed by atoms with Crippen molar-refractivity contribution in [1.82, 2.24) is 14.8 Å². The van der Waals surface area contributed by atoms with E-state index in [1.165, 1.54) is 11.8 Å². The van der Waals surface area contributed by atoms with Gasteiger partial charge >= 0.3 is 0 Å². The Morgan fingerprint density at radius 3 is 2.35 bits per heavy atom. The van der Waals surface area contributed by atoms with Crippen LogP contribution in [-0.4, -0.2) is 27.7 Å². The molecule has 4 rings (SSSR count). The van der Waals surface area contributed by atoms with Crippen LogP contribution in [0.25, 0.3) is 17.1 Å². The molecular weight excluding hydrogens is 406 g/mol. The van der Waals surface area contributed by atoms with Crippen LogP contribution in [0.3, 0.4) is 0 Å². The Hall–Kier alpha value is -3.38. The van der Waals surface area contributed by atoms with Gasteiger partial charge in [0, 0.05) is 11.3 Å². The number of carbonyl (C=O) groups is 1. The molecular formula is C25H23N3O2S. The Kier molecular flexibility index (Phi) is 6.18. The molecule has 0 aliphatic carbocycles. The van der Waals surface area contributed by atoms with Crippen molar-refractivity contribution in [3.05, 3.63) is 90.0 Å². The molecule has 0 saturated carbocycles. The van der Waals surface area contributed by atoms with Crippen LogP contribution < -0.4 is 4.74 Å². The third-order valence-corrected chi connectivity index (χ3v) is 6.25. The topological polar surface area (TPSA) is 57.0 Å². The molecule has 0 amide bonds. The molecule has 0 spiro atoms. The first-order valence-electron chi connectivity index (χ1n) is 9.96. The zero-order valence-corrected chi connectivity index (χ0v) is 18.5. The summed E-state index contributed by atoms with van der Waals surface area (Å²) in [5, 5.41) is 9.27. The molecule has 0 aliphatic heterocycles. The standard InChI is InChI=1S/C25H23N3O2S/c1-17-8-7-11-20(16-17)24-26-27-25(28(24)21-12-14-22(30-3)15-13-21)31-23(18(2)29)19-9-5-4-6-10-19/h4-16,23H,1-3H3. The van der Waals surface area contributed by atoms with Crippen LogP contribution in [0.5, 0.6) is 5.75 Å². The molecule has 0 saturated heterocycles. The number of benzene rings is 3. The SMILES string of the molecule is COc1ccc(-n2c(SC(C(C)=O)c3ccccc3)nnc2-c2cccc(C)c2)cc1. The quantitative estimate of drug-likeness (QED) is 0.354. The van der Waals surface area contributed by atoms with Gasteiger partial charge in [0.15, 0.2) is 11.0 Å². The number of thioether (sulfide) groups is 1. The van der Waals surface area contributed by atoms with E-state index < -0.39 is 0 Å². The van der Waals surface area contributed by atoms with Gasteiger partial charge in [0.2, 0.25) is 0 Å². The number of Topliss-reactive ketones (excluding diaryl/α,β-unsaturated/α-hetero) is 1. The average molecular weight is 430 g/mol. The van der Waals surface area contributed by atoms with Crippen molar-refractivity contribution in [2.24, 2.45) is 0 Å². The number of nitrogens with zero attached hydrogens (tertiary/aromatic N) is 3. The molecule has 3 aromatic carbocycles. The van der Waals surface area contributed by atoms with Crippen molar-refractivity contribution in [2.45, 2.75) is 24.3 Å². The van der Waals surface area contributed by atoms with E-state index in [2.05, 4.69) is 29.3 Å². The smallest absolute Gasteiger partial charge is 0.197 e. The Bertz CT molecular complexity index is 1190. The van der Waals surface area contributed by atoms with Crippen LogP contribution in [0.2, 0.25) is 0 Å². The fourth-order valence-electron chi connectivity index (χ4n) is 3.40. The summed E-state index contributed by atoms with van der Waals surface area (Å²) in [5.41, 5.74) is 3.96. The highest BCUT2D eigenvalue weighted by atomic mass is 32.2. The summed E-state index contributed by atoms with van der Waals surface area (Å²) in [4.78, 5) is 12.5. The third kappa shape index (κ3) is 4.54. The molecule has 0 bridgehead atoms. The minimum absolute atomic E-state index is 0.0672. The van der Waals surface area contributed by atoms with Gasteiger partial charge in [-0.05, 0) is 49.7 Å². The molecule has 0 fully saturated rings. The maximum Gasteiger partial charge on any atom is 0.197 e. The summed E-state index contributed by atoms with van der Waals surface area (Å²) >= 11 is 1.41. The maximum absolute atomic E-state index is 12.5. The lowest BCUT2D eigenvalue weighted by Gasteiger charge is -2.16. The van der Waals surface area contributed by atoms with Gasteiger partial charge in [0.05, 0.1) is 12.4 Å². The molecule has 156 valence electrons. The van der Waals surface area contributed by atoms with Gasteiger partial charge in [0.25, 0.3) is 0 Å². The number of rotatable bonds is 7. The predicted octanol–water partition coefficient (Wildman–Crippen LogP) is 5.67. The molecule has 0 radical (unpaired) electrons. The Labute approximate surface area is 186 Å². The number of ether oxygens (including phenoxy) is 1. The fraction of sp³-hybridized carbons (Fsp3) is 0.160. The number of ketones is 1. The first-order chi connectivity index (χ1) is 15.1. The highest BCUT2D eigenvalue weighted by Crippen LogP contribution is 2.38. The van der Waals surface area contributed by atoms with Crippen molar-refractivity contribution in [2.75, 3.05) is 7.11 Å². The van der Waals surface area contributed by atoms with E-state index in [-0.39, 0.29) is 11.0 Å². The second-order valence-corrected chi connectivity index (χ2v) is 8.30. The second-order valence-electron chi connectivity index (χ2n) is 7.23. The minimum Gasteiger partial charge on any atom is -0.497 e. The Morgan fingerprint density at radius 2 is 1.71 bits per heavy atom. The number of aromatic nitrogens is 3. The Morgan fingerprint density at radius 1 is 0.968 bits per heavy atom. The normalized spacial score (nSPS) is 11.8. The van der Waals surface area contributed by atoms with Crippen LogP contribution in [0.1, 0.15) is 23.3 Å². The summed E-state index contributed by atoms with van der Waals surface area (Å²) in [6.07, 6.45) is 0. The van der Waals surface area contributed by atoms with Crippen molar-refractivity contribution in [3.8, 4) is 22.8 Å². The molecule has 5 nitrogen and oxygen atoms in total. The summed E-state index contributed by atoms with van der Waals surface area (Å²) in [6, 6.07) is 25.7. The Balaban J connectivity index is 1.83. The summed E-state index contributed by atoms with van der Waals surface area (Å²) in [6.45, 7) is 3.66. The van der Waals surface area contributed by atoms with Gasteiger partial charge < -0.3 is 4.74 Å². The lowest BCUT2D eigenvalue weighted by molar-refractivity contribution is -0.116. The number of carbonyl (C=O) groups excluding carboxylic acids is 1. The predicted molar refractivity (Wildman–Crippen MR) is 124 cm³/mol. The monoisotopic (exact) mass is 429 g/mol. The molecule has 31 heavy (non-hydrogen) atoms. The zero-order valence-electron chi connectivity index (χ0n) is 17.6. The van der Waals surface area contributed by atoms with Gasteiger partial charge in [-0.3, -0.25) is 9.36 Å². The van der Waals surface area contributed by atoms with E-state index in [9.17, 15) is 4.79 Å². The van der Waals surface area contributed by atoms with Crippen LogP contribution in [0, 0.1) is 6.92 Å². The summed E-state index contributed by atoms with van der Waals surface area (Å²) < 4.78 is 7.31. The third-order valence-electron chi connectivity index (χ3n) is 4.94. The van der Waals surface area contributed by atoms with E-state index in [0.29, 0.717) is 5.16 Å². The van der Waals surface area contributed by atoms with Crippen LogP contribution in [-0.2, 0) is 4.79 Å². The van der Waals surface area contributed by atoms with E-state index in [0.717, 1.165) is 34.0 Å². The van der Waals surface area contributed by atoms with Gasteiger partial charge in [-0.1, -0.05) is 65.9 Å². The van der Waals surface area contributed by atoms with E-state index in [1.807, 2.05) is 71.3 Å². The number of hydrogen-bond acceptors (Lipinski definition) is 5. The van der Waals surface area contributed by atoms with Crippen molar-refractivity contribution in [3.63, 3.8) is 0 Å². The minimum atomic E-state index is -0.368. The number of hydrogen-bond donors (Lipinski definition) is 0. The zero-order chi connectivity index (χ0) is 21.8. The van der Waals surface area contributed by atoms with E-state index >= 15 is 0 Å². The molecule has 1 aromatic heterocycles. The van der Waals surface area contributed by atoms with E-state index in [1.54, 1.807) is 14.0 Å². The number of aryl methyl sites for hydroxylation is 1. The molecule has 0 N–H and O–H groups in total. The van der Waals surface area contributed by atoms with Gasteiger partial charge in [-0.25, -0.2) is 0 Å². The lowest BCUT2D eigenvalue weighted by Crippen LogP contribution is -2.07. The van der Waals surface area contributed by atoms with Gasteiger partial charge in [0.1, 0.15) is 11.5 Å². The molecule has 1 unspecified atom stereocenters. The highest BCUT2D eigenvalue weighted by molar-refractivity contribution is 8.00. The summed E-state index contributed by atoms with van der Waals surface area (Å²) in [5.74, 6) is 1.57. The number of methoxy groups -OCH3 is 1. The van der Waals surface area contributed by atoms with E-state index in [4.69, 9.17) is 4.74 Å². The molecule has 0 aliphatic rings. The molecule has 1 heterocycles. The lowest BCUT2D eigenvalue weighted by atomic mass is 10.1. The van der Waals surface area contributed by atoms with Crippen LogP contribution in [0.15, 0.2) is 84.0 Å². The fourth-order valence-corrected chi connectivity index (χ4v) is 4.46. The second kappa shape index (κ2) is 9.18. The van der Waals surface area contributed by atoms with Gasteiger partial charge in [-0.15, -0.1) is 10.2 Å². The summed E-state index contributed by atoms with van der Waals surface area (Å²) in [7, 11) is 1.64. The van der Waals surface area contributed by atoms with Crippen molar-refractivity contribution in [1.29, 1.82) is 0 Å². The maximum atomic E-state index is 12.5.